The third-order valence-electron chi connectivity index (χ3n) is 5.05. The van der Waals surface area contributed by atoms with Crippen molar-refractivity contribution < 1.29 is 9.18 Å². The molecule has 2 N–H and O–H groups in total. The molecule has 0 aliphatic rings. The second-order valence-electron chi connectivity index (χ2n) is 7.48. The molecule has 1 unspecified atom stereocenters. The second kappa shape index (κ2) is 7.25. The normalized spacial score (nSPS) is 12.8. The predicted molar refractivity (Wildman–Crippen MR) is 109 cm³/mol. The number of carbonyl (C=O) groups excluding carboxylic acids is 1. The van der Waals surface area contributed by atoms with Crippen LogP contribution in [0.25, 0.3) is 27.8 Å². The van der Waals surface area contributed by atoms with Crippen molar-refractivity contribution >= 4 is 28.8 Å². The molecule has 29 heavy (non-hydrogen) atoms. The number of likely N-dealkylation sites (N-methyl/N-ethyl adjacent to an activating group) is 1. The molecule has 4 aromatic rings. The average molecular weight is 395 g/mol. The molecule has 9 heteroatoms. The van der Waals surface area contributed by atoms with E-state index in [0.29, 0.717) is 45.8 Å². The lowest BCUT2D eigenvalue weighted by Crippen LogP contribution is -2.20. The van der Waals surface area contributed by atoms with E-state index in [2.05, 4.69) is 25.5 Å². The summed E-state index contributed by atoms with van der Waals surface area (Å²) in [6, 6.07) is 0. The van der Waals surface area contributed by atoms with Crippen LogP contribution in [-0.2, 0) is 4.79 Å². The van der Waals surface area contributed by atoms with Gasteiger partial charge in [-0.25, -0.2) is 9.37 Å². The van der Waals surface area contributed by atoms with Crippen molar-refractivity contribution in [3.8, 4) is 11.3 Å². The molecule has 0 saturated carbocycles. The van der Waals surface area contributed by atoms with Crippen LogP contribution in [0.1, 0.15) is 24.0 Å². The van der Waals surface area contributed by atoms with Gasteiger partial charge in [0.05, 0.1) is 29.8 Å². The summed E-state index contributed by atoms with van der Waals surface area (Å²) >= 11 is 0. The number of amides is 1. The Labute approximate surface area is 166 Å². The Bertz CT molecular complexity index is 1210. The smallest absolute Gasteiger partial charge is 0.212 e. The largest absolute Gasteiger partial charge is 0.312 e. The highest BCUT2D eigenvalue weighted by atomic mass is 19.1. The molecular weight excluding hydrogens is 373 g/mol. The van der Waals surface area contributed by atoms with Crippen molar-refractivity contribution in [2.45, 2.75) is 19.8 Å². The van der Waals surface area contributed by atoms with Gasteiger partial charge in [-0.3, -0.25) is 14.9 Å². The van der Waals surface area contributed by atoms with E-state index in [-0.39, 0.29) is 11.7 Å². The molecule has 4 rings (SSSR count). The summed E-state index contributed by atoms with van der Waals surface area (Å²) in [7, 11) is 3.94. The topological polar surface area (TPSA) is 91.2 Å². The fraction of sp³-hybridized carbons (Fsp3) is 0.300. The van der Waals surface area contributed by atoms with Gasteiger partial charge >= 0.3 is 0 Å². The fourth-order valence-corrected chi connectivity index (χ4v) is 3.89. The fourth-order valence-electron chi connectivity index (χ4n) is 3.89. The molecule has 0 spiro atoms. The number of nitrogens with zero attached hydrogens (tertiary/aromatic N) is 5. The molecule has 1 atom stereocenters. The number of nitrogens with one attached hydrogen (secondary N) is 2. The van der Waals surface area contributed by atoms with Crippen molar-refractivity contribution in [3.05, 3.63) is 41.7 Å². The van der Waals surface area contributed by atoms with Crippen LogP contribution in [0.15, 0.2) is 24.8 Å². The van der Waals surface area contributed by atoms with E-state index in [4.69, 9.17) is 0 Å². The van der Waals surface area contributed by atoms with Crippen LogP contribution in [-0.4, -0.2) is 56.5 Å². The zero-order valence-electron chi connectivity index (χ0n) is 16.7. The van der Waals surface area contributed by atoms with Gasteiger partial charge in [0.25, 0.3) is 0 Å². The Morgan fingerprint density at radius 3 is 2.86 bits per heavy atom. The van der Waals surface area contributed by atoms with Gasteiger partial charge in [-0.2, -0.15) is 5.10 Å². The average Bonchev–Trinajstić information content (AvgIpc) is 3.28. The van der Waals surface area contributed by atoms with Gasteiger partial charge in [-0.15, -0.1) is 0 Å². The zero-order valence-corrected chi connectivity index (χ0v) is 16.7. The highest BCUT2D eigenvalue weighted by Crippen LogP contribution is 2.37. The van der Waals surface area contributed by atoms with Gasteiger partial charge < -0.3 is 14.6 Å². The molecule has 0 saturated heterocycles. The van der Waals surface area contributed by atoms with Crippen LogP contribution in [0.2, 0.25) is 0 Å². The Morgan fingerprint density at radius 1 is 1.34 bits per heavy atom. The van der Waals surface area contributed by atoms with E-state index in [1.807, 2.05) is 25.9 Å². The lowest BCUT2D eigenvalue weighted by Gasteiger charge is -2.21. The lowest BCUT2D eigenvalue weighted by atomic mass is 9.91. The molecule has 1 amide bonds. The summed E-state index contributed by atoms with van der Waals surface area (Å²) in [5, 5.41) is 10.5. The predicted octanol–water partition coefficient (Wildman–Crippen LogP) is 2.95. The van der Waals surface area contributed by atoms with E-state index in [9.17, 15) is 4.79 Å². The van der Waals surface area contributed by atoms with Crippen molar-refractivity contribution in [2.75, 3.05) is 26.0 Å². The van der Waals surface area contributed by atoms with Crippen molar-refractivity contribution in [1.29, 1.82) is 0 Å². The minimum atomic E-state index is -0.248. The SMILES string of the molecule is Cc1c(F)c(C(C)CN(C)C)c2[nH]ncc2c1-c1cn2cc(NC=O)nc2cn1. The van der Waals surface area contributed by atoms with Crippen LogP contribution in [0, 0.1) is 12.7 Å². The summed E-state index contributed by atoms with van der Waals surface area (Å²) in [4.78, 5) is 21.4. The van der Waals surface area contributed by atoms with Crippen LogP contribution in [0.4, 0.5) is 10.2 Å². The maximum Gasteiger partial charge on any atom is 0.212 e. The number of carbonyl (C=O) groups is 1. The van der Waals surface area contributed by atoms with E-state index in [0.717, 1.165) is 11.9 Å². The first-order valence-corrected chi connectivity index (χ1v) is 9.25. The number of benzene rings is 1. The standard InChI is InChI=1S/C20H22FN7O/c1-11(7-27(3)4)17-19(21)12(2)18(13-5-24-26-20(13)17)14-8-28-9-15(23-10-29)25-16(28)6-22-14/h5-6,8-11H,7H2,1-4H3,(H,23,29)(H,24,26). The minimum Gasteiger partial charge on any atom is -0.312 e. The molecular formula is C20H22FN7O. The summed E-state index contributed by atoms with van der Waals surface area (Å²) in [5.74, 6) is 0.159. The summed E-state index contributed by atoms with van der Waals surface area (Å²) < 4.78 is 17.3. The molecule has 3 heterocycles. The number of halogens is 1. The number of aromatic amines is 1. The summed E-state index contributed by atoms with van der Waals surface area (Å²) in [6.45, 7) is 4.49. The summed E-state index contributed by atoms with van der Waals surface area (Å²) in [5.41, 5.74) is 3.71. The lowest BCUT2D eigenvalue weighted by molar-refractivity contribution is -0.105. The van der Waals surface area contributed by atoms with Crippen molar-refractivity contribution in [2.24, 2.45) is 0 Å². The molecule has 0 fully saturated rings. The zero-order chi connectivity index (χ0) is 20.7. The monoisotopic (exact) mass is 395 g/mol. The number of hydrogen-bond acceptors (Lipinski definition) is 5. The van der Waals surface area contributed by atoms with Gasteiger partial charge in [0.1, 0.15) is 5.82 Å². The Hall–Kier alpha value is -3.33. The molecule has 8 nitrogen and oxygen atoms in total. The van der Waals surface area contributed by atoms with Gasteiger partial charge in [0, 0.05) is 29.3 Å². The number of H-pyrrole nitrogens is 1. The maximum atomic E-state index is 15.5. The number of fused-ring (bicyclic) bond motifs is 2. The number of rotatable bonds is 6. The number of hydrogen-bond donors (Lipinski definition) is 2. The molecule has 0 aliphatic heterocycles. The number of imidazole rings is 1. The quantitative estimate of drug-likeness (QED) is 0.490. The van der Waals surface area contributed by atoms with Gasteiger partial charge in [-0.05, 0) is 32.5 Å². The van der Waals surface area contributed by atoms with Gasteiger partial charge in [0.15, 0.2) is 11.5 Å². The Balaban J connectivity index is 1.91. The molecule has 0 radical (unpaired) electrons. The molecule has 0 aliphatic carbocycles. The molecule has 3 aromatic heterocycles. The van der Waals surface area contributed by atoms with Crippen LogP contribution in [0.3, 0.4) is 0 Å². The van der Waals surface area contributed by atoms with Gasteiger partial charge in [-0.1, -0.05) is 6.92 Å². The highest BCUT2D eigenvalue weighted by Gasteiger charge is 2.24. The van der Waals surface area contributed by atoms with E-state index in [1.54, 1.807) is 36.1 Å². The first kappa shape index (κ1) is 19.0. The van der Waals surface area contributed by atoms with E-state index >= 15 is 4.39 Å². The molecule has 1 aromatic carbocycles. The maximum absolute atomic E-state index is 15.5. The molecule has 0 bridgehead atoms. The third kappa shape index (κ3) is 3.23. The second-order valence-corrected chi connectivity index (χ2v) is 7.48. The van der Waals surface area contributed by atoms with E-state index in [1.165, 1.54) is 0 Å². The molecule has 150 valence electrons. The van der Waals surface area contributed by atoms with Crippen LogP contribution in [0.5, 0.6) is 0 Å². The highest BCUT2D eigenvalue weighted by molar-refractivity contribution is 5.97. The van der Waals surface area contributed by atoms with Crippen LogP contribution < -0.4 is 5.32 Å². The first-order valence-electron chi connectivity index (χ1n) is 9.25. The van der Waals surface area contributed by atoms with Crippen LogP contribution >= 0.6 is 0 Å². The van der Waals surface area contributed by atoms with Crippen molar-refractivity contribution in [1.82, 2.24) is 29.5 Å². The van der Waals surface area contributed by atoms with Gasteiger partial charge in [0.2, 0.25) is 6.41 Å². The number of anilines is 1. The Kier molecular flexibility index (Phi) is 4.75. The summed E-state index contributed by atoms with van der Waals surface area (Å²) in [6.07, 6.45) is 7.33. The Morgan fingerprint density at radius 2 is 2.14 bits per heavy atom. The van der Waals surface area contributed by atoms with Crippen molar-refractivity contribution in [3.63, 3.8) is 0 Å². The third-order valence-corrected chi connectivity index (χ3v) is 5.05. The number of aromatic nitrogens is 5. The van der Waals surface area contributed by atoms with E-state index < -0.39 is 0 Å². The first-order chi connectivity index (χ1) is 13.9. The minimum absolute atomic E-state index is 0.0123.